The molecule has 0 saturated carbocycles. The second-order valence-corrected chi connectivity index (χ2v) is 9.15. The summed E-state index contributed by atoms with van der Waals surface area (Å²) in [6, 6.07) is 7.79. The summed E-state index contributed by atoms with van der Waals surface area (Å²) in [6.07, 6.45) is 3.70. The summed E-state index contributed by atoms with van der Waals surface area (Å²) in [5.74, 6) is 0.617. The Morgan fingerprint density at radius 1 is 1.46 bits per heavy atom. The maximum atomic E-state index is 11.8. The quantitative estimate of drug-likeness (QED) is 0.848. The number of nitrogens with one attached hydrogen (secondary N) is 1. The van der Waals surface area contributed by atoms with Gasteiger partial charge in [-0.25, -0.2) is 0 Å². The largest absolute Gasteiger partial charge is 0.494 e. The van der Waals surface area contributed by atoms with Gasteiger partial charge in [-0.05, 0) is 18.9 Å². The van der Waals surface area contributed by atoms with Crippen LogP contribution in [0, 0.1) is 16.1 Å². The van der Waals surface area contributed by atoms with E-state index in [0.29, 0.717) is 42.8 Å². The molecule has 0 bridgehead atoms. The number of rotatable bonds is 4. The standard InChI is InChI=1S/C18H22N4O3S/c1-25-15-5-3-4-14-16(15)21-11-13(10-19)17(14)22-8-6-18(23,7-9-22)12-26(2,20)24/h3-5,11,20,23H,6-9,12H2,1-2H3. The number of para-hydroxylation sites is 1. The highest BCUT2D eigenvalue weighted by Crippen LogP contribution is 2.36. The average Bonchev–Trinajstić information content (AvgIpc) is 2.59. The second kappa shape index (κ2) is 6.74. The van der Waals surface area contributed by atoms with E-state index in [2.05, 4.69) is 16.0 Å². The van der Waals surface area contributed by atoms with E-state index in [1.807, 2.05) is 18.2 Å². The van der Waals surface area contributed by atoms with Gasteiger partial charge < -0.3 is 14.7 Å². The lowest BCUT2D eigenvalue weighted by atomic mass is 9.92. The van der Waals surface area contributed by atoms with Gasteiger partial charge in [0, 0.05) is 40.7 Å². The zero-order valence-corrected chi connectivity index (χ0v) is 15.7. The van der Waals surface area contributed by atoms with Crippen molar-refractivity contribution in [3.63, 3.8) is 0 Å². The monoisotopic (exact) mass is 374 g/mol. The average molecular weight is 374 g/mol. The highest BCUT2D eigenvalue weighted by atomic mass is 32.2. The van der Waals surface area contributed by atoms with Crippen molar-refractivity contribution in [1.29, 1.82) is 10.0 Å². The summed E-state index contributed by atoms with van der Waals surface area (Å²) >= 11 is 0. The molecular weight excluding hydrogens is 352 g/mol. The molecule has 2 N–H and O–H groups in total. The van der Waals surface area contributed by atoms with Crippen LogP contribution in [0.25, 0.3) is 10.9 Å². The summed E-state index contributed by atoms with van der Waals surface area (Å²) in [6.45, 7) is 1.02. The highest BCUT2D eigenvalue weighted by Gasteiger charge is 2.35. The SMILES string of the molecule is COc1cccc2c(N3CCC(O)(CS(C)(=N)=O)CC3)c(C#N)cnc12. The lowest BCUT2D eigenvalue weighted by molar-refractivity contribution is 0.0390. The van der Waals surface area contributed by atoms with Crippen LogP contribution in [0.1, 0.15) is 18.4 Å². The Morgan fingerprint density at radius 2 is 2.15 bits per heavy atom. The van der Waals surface area contributed by atoms with E-state index in [-0.39, 0.29) is 5.75 Å². The number of nitriles is 1. The second-order valence-electron chi connectivity index (χ2n) is 6.85. The summed E-state index contributed by atoms with van der Waals surface area (Å²) in [4.78, 5) is 6.42. The zero-order chi connectivity index (χ0) is 18.9. The highest BCUT2D eigenvalue weighted by molar-refractivity contribution is 7.91. The zero-order valence-electron chi connectivity index (χ0n) is 14.9. The van der Waals surface area contributed by atoms with Crippen LogP contribution >= 0.6 is 0 Å². The summed E-state index contributed by atoms with van der Waals surface area (Å²) < 4.78 is 24.8. The van der Waals surface area contributed by atoms with E-state index in [1.54, 1.807) is 13.3 Å². The molecule has 0 radical (unpaired) electrons. The van der Waals surface area contributed by atoms with E-state index in [9.17, 15) is 14.6 Å². The number of anilines is 1. The molecule has 3 rings (SSSR count). The van der Waals surface area contributed by atoms with Gasteiger partial charge >= 0.3 is 0 Å². The van der Waals surface area contributed by atoms with Gasteiger partial charge in [0.2, 0.25) is 0 Å². The third kappa shape index (κ3) is 3.59. The van der Waals surface area contributed by atoms with Crippen LogP contribution in [-0.2, 0) is 9.73 Å². The van der Waals surface area contributed by atoms with E-state index < -0.39 is 15.3 Å². The van der Waals surface area contributed by atoms with Crippen LogP contribution in [0.4, 0.5) is 5.69 Å². The van der Waals surface area contributed by atoms with Crippen LogP contribution in [0.5, 0.6) is 5.75 Å². The van der Waals surface area contributed by atoms with Crippen molar-refractivity contribution in [2.75, 3.05) is 37.1 Å². The lowest BCUT2D eigenvalue weighted by Gasteiger charge is -2.39. The molecule has 1 aliphatic rings. The Balaban J connectivity index is 1.98. The Hall–Kier alpha value is -2.37. The molecule has 1 fully saturated rings. The van der Waals surface area contributed by atoms with Gasteiger partial charge in [-0.1, -0.05) is 12.1 Å². The number of aromatic nitrogens is 1. The summed E-state index contributed by atoms with van der Waals surface area (Å²) in [5, 5.41) is 21.0. The normalized spacial score (nSPS) is 18.9. The molecule has 26 heavy (non-hydrogen) atoms. The topological polar surface area (TPSA) is 110 Å². The van der Waals surface area contributed by atoms with E-state index >= 15 is 0 Å². The molecule has 1 aliphatic heterocycles. The van der Waals surface area contributed by atoms with Crippen molar-refractivity contribution in [2.24, 2.45) is 0 Å². The number of hydrogen-bond acceptors (Lipinski definition) is 7. The van der Waals surface area contributed by atoms with Gasteiger partial charge in [0.1, 0.15) is 17.3 Å². The van der Waals surface area contributed by atoms with Crippen molar-refractivity contribution >= 4 is 26.3 Å². The van der Waals surface area contributed by atoms with Gasteiger partial charge in [0.05, 0.1) is 29.7 Å². The summed E-state index contributed by atoms with van der Waals surface area (Å²) in [7, 11) is -1.19. The fourth-order valence-electron chi connectivity index (χ4n) is 3.57. The molecule has 0 aliphatic carbocycles. The molecule has 1 saturated heterocycles. The van der Waals surface area contributed by atoms with Crippen LogP contribution in [-0.4, -0.2) is 52.1 Å². The molecule has 2 aromatic rings. The Morgan fingerprint density at radius 3 is 2.73 bits per heavy atom. The number of fused-ring (bicyclic) bond motifs is 1. The number of methoxy groups -OCH3 is 1. The molecule has 0 spiro atoms. The number of benzene rings is 1. The maximum Gasteiger partial charge on any atom is 0.145 e. The molecule has 7 nitrogen and oxygen atoms in total. The number of piperidine rings is 1. The molecular formula is C18H22N4O3S. The Bertz CT molecular complexity index is 974. The van der Waals surface area contributed by atoms with Crippen LogP contribution in [0.3, 0.4) is 0 Å². The fraction of sp³-hybridized carbons (Fsp3) is 0.444. The molecule has 1 unspecified atom stereocenters. The van der Waals surface area contributed by atoms with Crippen molar-refractivity contribution < 1.29 is 14.1 Å². The van der Waals surface area contributed by atoms with Gasteiger partial charge in [0.25, 0.3) is 0 Å². The van der Waals surface area contributed by atoms with Crippen molar-refractivity contribution in [3.8, 4) is 11.8 Å². The van der Waals surface area contributed by atoms with Gasteiger partial charge in [-0.3, -0.25) is 14.0 Å². The fourth-order valence-corrected chi connectivity index (χ4v) is 4.89. The van der Waals surface area contributed by atoms with Gasteiger partial charge in [-0.15, -0.1) is 0 Å². The number of ether oxygens (including phenoxy) is 1. The number of hydrogen-bond donors (Lipinski definition) is 2. The third-order valence-electron chi connectivity index (χ3n) is 4.73. The van der Waals surface area contributed by atoms with E-state index in [4.69, 9.17) is 9.52 Å². The molecule has 1 atom stereocenters. The molecule has 138 valence electrons. The number of nitrogens with zero attached hydrogens (tertiary/aromatic N) is 3. The molecule has 1 aromatic carbocycles. The summed E-state index contributed by atoms with van der Waals surface area (Å²) in [5.41, 5.74) is 0.835. The van der Waals surface area contributed by atoms with Crippen LogP contribution < -0.4 is 9.64 Å². The predicted molar refractivity (Wildman–Crippen MR) is 101 cm³/mol. The first-order valence-electron chi connectivity index (χ1n) is 8.31. The van der Waals surface area contributed by atoms with Crippen molar-refractivity contribution in [3.05, 3.63) is 30.0 Å². The van der Waals surface area contributed by atoms with Crippen LogP contribution in [0.2, 0.25) is 0 Å². The first-order chi connectivity index (χ1) is 12.3. The third-order valence-corrected chi connectivity index (χ3v) is 5.82. The Labute approximate surface area is 153 Å². The van der Waals surface area contributed by atoms with Gasteiger partial charge in [-0.2, -0.15) is 5.26 Å². The number of pyridine rings is 1. The minimum absolute atomic E-state index is 0.0239. The van der Waals surface area contributed by atoms with Crippen molar-refractivity contribution in [1.82, 2.24) is 4.98 Å². The molecule has 1 aromatic heterocycles. The smallest absolute Gasteiger partial charge is 0.145 e. The van der Waals surface area contributed by atoms with Crippen molar-refractivity contribution in [2.45, 2.75) is 18.4 Å². The minimum Gasteiger partial charge on any atom is -0.494 e. The first-order valence-corrected chi connectivity index (χ1v) is 10.4. The molecule has 0 amide bonds. The Kier molecular flexibility index (Phi) is 4.78. The number of aliphatic hydroxyl groups is 1. The lowest BCUT2D eigenvalue weighted by Crippen LogP contribution is -2.48. The molecule has 2 heterocycles. The van der Waals surface area contributed by atoms with Gasteiger partial charge in [0.15, 0.2) is 0 Å². The minimum atomic E-state index is -2.77. The predicted octanol–water partition coefficient (Wildman–Crippen LogP) is 2.12. The van der Waals surface area contributed by atoms with Crippen LogP contribution in [0.15, 0.2) is 24.4 Å². The maximum absolute atomic E-state index is 11.8. The molecule has 8 heteroatoms. The van der Waals surface area contributed by atoms with E-state index in [0.717, 1.165) is 11.1 Å². The van der Waals surface area contributed by atoms with E-state index in [1.165, 1.54) is 6.26 Å². The first kappa shape index (κ1) is 18.4.